The molecule has 0 aliphatic rings. The van der Waals surface area contributed by atoms with Crippen molar-refractivity contribution in [2.24, 2.45) is 0 Å². The Morgan fingerprint density at radius 3 is 0.644 bits per heavy atom. The predicted octanol–water partition coefficient (Wildman–Crippen LogP) is 8.14. The first-order chi connectivity index (χ1) is 21.2. The van der Waals surface area contributed by atoms with Gasteiger partial charge in [0.2, 0.25) is 0 Å². The standard InChI is InChI=1S/4C8H8OS2.Mo/c4*10-8(11)9-6-7-4-2-1-3-5-7;/h4*1-5H,6H2,(H,10,11);/q;;;;+4/p-4. The van der Waals surface area contributed by atoms with Crippen molar-refractivity contribution >= 4 is 117 Å². The third-order valence-corrected chi connectivity index (χ3v) is 5.74. The average molecular weight is 829 g/mol. The number of rotatable bonds is 8. The second-order valence-electron chi connectivity index (χ2n) is 8.10. The first kappa shape index (κ1) is 43.0. The van der Waals surface area contributed by atoms with Gasteiger partial charge in [-0.25, -0.2) is 0 Å². The van der Waals surface area contributed by atoms with E-state index in [2.05, 4.69) is 99.4 Å². The van der Waals surface area contributed by atoms with E-state index in [0.717, 1.165) is 22.3 Å². The van der Waals surface area contributed by atoms with Gasteiger partial charge in [-0.1, -0.05) is 121 Å². The van der Waals surface area contributed by atoms with Crippen LogP contribution in [0.4, 0.5) is 0 Å². The Bertz CT molecular complexity index is 1150. The van der Waals surface area contributed by atoms with Crippen LogP contribution in [-0.2, 0) is 117 Å². The van der Waals surface area contributed by atoms with E-state index in [4.69, 9.17) is 18.9 Å². The van der Waals surface area contributed by atoms with Gasteiger partial charge >= 0.3 is 21.1 Å². The van der Waals surface area contributed by atoms with E-state index in [0.29, 0.717) is 26.4 Å². The van der Waals surface area contributed by atoms with Gasteiger partial charge < -0.3 is 118 Å². The molecule has 0 saturated heterocycles. The second-order valence-corrected chi connectivity index (χ2v) is 12.1. The van der Waals surface area contributed by atoms with Crippen LogP contribution < -0.4 is 0 Å². The van der Waals surface area contributed by atoms with Crippen LogP contribution in [0, 0.1) is 0 Å². The summed E-state index contributed by atoms with van der Waals surface area (Å²) < 4.78 is 20.6. The fourth-order valence-electron chi connectivity index (χ4n) is 2.87. The first-order valence-corrected chi connectivity index (χ1v) is 15.9. The Morgan fingerprint density at radius 2 is 0.511 bits per heavy atom. The molecule has 0 fully saturated rings. The number of benzene rings is 4. The molecule has 4 aromatic rings. The molecule has 0 saturated carbocycles. The van der Waals surface area contributed by atoms with Crippen molar-refractivity contribution < 1.29 is 40.0 Å². The van der Waals surface area contributed by atoms with E-state index < -0.39 is 0 Å². The largest absolute Gasteiger partial charge is 4.00 e. The van der Waals surface area contributed by atoms with Gasteiger partial charge in [0, 0.05) is 17.5 Å². The Morgan fingerprint density at radius 1 is 0.356 bits per heavy atom. The summed E-state index contributed by atoms with van der Waals surface area (Å²) in [5, 5.41) is 0. The fourth-order valence-corrected chi connectivity index (χ4v) is 3.34. The van der Waals surface area contributed by atoms with E-state index in [-0.39, 0.29) is 38.6 Å². The third kappa shape index (κ3) is 26.9. The Balaban J connectivity index is 0.000000569. The van der Waals surface area contributed by atoms with Gasteiger partial charge in [0.1, 0.15) is 26.4 Å². The molecule has 0 atom stereocenters. The molecular weight excluding hydrogens is 801 g/mol. The van der Waals surface area contributed by atoms with E-state index in [9.17, 15) is 0 Å². The van der Waals surface area contributed by atoms with Gasteiger partial charge in [-0.2, -0.15) is 0 Å². The van der Waals surface area contributed by atoms with Crippen molar-refractivity contribution in [2.75, 3.05) is 0 Å². The molecule has 45 heavy (non-hydrogen) atoms. The molecular formula is C32H28MoO4S8. The molecule has 4 nitrogen and oxygen atoms in total. The third-order valence-electron chi connectivity index (χ3n) is 4.80. The van der Waals surface area contributed by atoms with Crippen LogP contribution >= 0.6 is 48.9 Å². The predicted molar refractivity (Wildman–Crippen MR) is 205 cm³/mol. The van der Waals surface area contributed by atoms with Gasteiger partial charge in [0.05, 0.1) is 0 Å². The fraction of sp³-hybridized carbons (Fsp3) is 0.125. The van der Waals surface area contributed by atoms with Gasteiger partial charge in [-0.05, 0) is 22.3 Å². The summed E-state index contributed by atoms with van der Waals surface area (Å²) >= 11 is 36.7. The smallest absolute Gasteiger partial charge is 0.509 e. The zero-order chi connectivity index (χ0) is 32.4. The van der Waals surface area contributed by atoms with Crippen LogP contribution in [-0.4, -0.2) is 17.5 Å². The van der Waals surface area contributed by atoms with Crippen molar-refractivity contribution in [2.45, 2.75) is 26.4 Å². The van der Waals surface area contributed by atoms with Gasteiger partial charge in [-0.3, -0.25) is 0 Å². The van der Waals surface area contributed by atoms with Crippen molar-refractivity contribution in [3.8, 4) is 0 Å². The summed E-state index contributed by atoms with van der Waals surface area (Å²) in [5.41, 5.74) is 4.33. The van der Waals surface area contributed by atoms with Gasteiger partial charge in [-0.15, -0.1) is 0 Å². The molecule has 0 aliphatic heterocycles. The van der Waals surface area contributed by atoms with Crippen molar-refractivity contribution in [1.82, 2.24) is 0 Å². The SMILES string of the molecule is S=C([S-])OCc1ccccc1.S=C([S-])OCc1ccccc1.S=C([S-])OCc1ccccc1.S=C([S-])OCc1ccccc1.[Mo+4]. The quantitative estimate of drug-likeness (QED) is 0.0979. The molecule has 0 heterocycles. The first-order valence-electron chi connectivity index (χ1n) is 12.7. The summed E-state index contributed by atoms with van der Waals surface area (Å²) in [7, 11) is 0. The van der Waals surface area contributed by atoms with Crippen molar-refractivity contribution in [3.05, 3.63) is 144 Å². The average Bonchev–Trinajstić information content (AvgIpc) is 3.04. The van der Waals surface area contributed by atoms with Gasteiger partial charge in [0.15, 0.2) is 0 Å². The van der Waals surface area contributed by atoms with E-state index >= 15 is 0 Å². The van der Waals surface area contributed by atoms with Gasteiger partial charge in [0.25, 0.3) is 0 Å². The summed E-state index contributed by atoms with van der Waals surface area (Å²) in [6, 6.07) is 39.1. The zero-order valence-electron chi connectivity index (χ0n) is 23.7. The minimum absolute atomic E-state index is 0. The monoisotopic (exact) mass is 830 g/mol. The summed E-state index contributed by atoms with van der Waals surface area (Å²) in [6.45, 7) is 1.90. The van der Waals surface area contributed by atoms with Crippen LogP contribution in [0.3, 0.4) is 0 Å². The topological polar surface area (TPSA) is 36.9 Å². The maximum atomic E-state index is 4.97. The number of ether oxygens (including phenoxy) is 4. The molecule has 4 rings (SSSR count). The second kappa shape index (κ2) is 28.2. The molecule has 0 radical (unpaired) electrons. The van der Waals surface area contributed by atoms with Crippen LogP contribution in [0.2, 0.25) is 0 Å². The molecule has 0 N–H and O–H groups in total. The van der Waals surface area contributed by atoms with E-state index in [1.54, 1.807) is 0 Å². The maximum Gasteiger partial charge on any atom is 4.00 e. The molecule has 0 spiro atoms. The molecule has 0 aliphatic carbocycles. The van der Waals surface area contributed by atoms with Crippen LogP contribution in [0.1, 0.15) is 22.3 Å². The van der Waals surface area contributed by atoms with Crippen LogP contribution in [0.5, 0.6) is 0 Å². The Kier molecular flexibility index (Phi) is 27.0. The van der Waals surface area contributed by atoms with Crippen molar-refractivity contribution in [3.63, 3.8) is 0 Å². The minimum atomic E-state index is 0. The van der Waals surface area contributed by atoms with Crippen molar-refractivity contribution in [1.29, 1.82) is 0 Å². The maximum absolute atomic E-state index is 4.97. The van der Waals surface area contributed by atoms with Crippen LogP contribution in [0.25, 0.3) is 0 Å². The number of hydrogen-bond donors (Lipinski definition) is 0. The number of hydrogen-bond acceptors (Lipinski definition) is 12. The zero-order valence-corrected chi connectivity index (χ0v) is 32.2. The summed E-state index contributed by atoms with van der Waals surface area (Å²) in [4.78, 5) is 0. The Hall–Kier alpha value is -1.99. The van der Waals surface area contributed by atoms with E-state index in [1.165, 1.54) is 0 Å². The molecule has 0 aromatic heterocycles. The number of thiocarbonyl (C=S) groups is 4. The van der Waals surface area contributed by atoms with Crippen LogP contribution in [0.15, 0.2) is 121 Å². The molecule has 4 aromatic carbocycles. The summed E-state index contributed by atoms with van der Waals surface area (Å²) in [5.74, 6) is 0. The molecule has 0 amide bonds. The normalized spacial score (nSPS) is 8.89. The van der Waals surface area contributed by atoms with E-state index in [1.807, 2.05) is 121 Å². The molecule has 0 unspecified atom stereocenters. The Labute approximate surface area is 323 Å². The molecule has 234 valence electrons. The summed E-state index contributed by atoms with van der Waals surface area (Å²) in [6.07, 6.45) is 0. The molecule has 13 heteroatoms. The molecule has 0 bridgehead atoms. The minimum Gasteiger partial charge on any atom is -0.509 e.